The molecule has 0 unspecified atom stereocenters. The molecule has 0 fully saturated rings. The SMILES string of the molecule is COc1ccc([C@H](C)NCCc2ccsc2)cc1. The normalized spacial score (nSPS) is 12.3. The largest absolute Gasteiger partial charge is 0.497 e. The number of thiophene rings is 1. The molecule has 0 saturated heterocycles. The molecule has 1 N–H and O–H groups in total. The quantitative estimate of drug-likeness (QED) is 0.857. The minimum atomic E-state index is 0.370. The van der Waals surface area contributed by atoms with Crippen molar-refractivity contribution in [2.24, 2.45) is 0 Å². The van der Waals surface area contributed by atoms with E-state index in [9.17, 15) is 0 Å². The highest BCUT2D eigenvalue weighted by atomic mass is 32.1. The van der Waals surface area contributed by atoms with E-state index in [4.69, 9.17) is 4.74 Å². The second kappa shape index (κ2) is 6.57. The summed E-state index contributed by atoms with van der Waals surface area (Å²) >= 11 is 1.76. The maximum atomic E-state index is 5.16. The Hall–Kier alpha value is -1.32. The summed E-state index contributed by atoms with van der Waals surface area (Å²) in [4.78, 5) is 0. The highest BCUT2D eigenvalue weighted by Gasteiger charge is 2.04. The average molecular weight is 261 g/mol. The lowest BCUT2D eigenvalue weighted by Gasteiger charge is -2.14. The lowest BCUT2D eigenvalue weighted by Crippen LogP contribution is -2.21. The molecule has 2 nitrogen and oxygen atoms in total. The standard InChI is InChI=1S/C15H19NOS/c1-12(14-3-5-15(17-2)6-4-14)16-9-7-13-8-10-18-11-13/h3-6,8,10-12,16H,7,9H2,1-2H3/t12-/m0/s1. The van der Waals surface area contributed by atoms with E-state index in [0.717, 1.165) is 18.7 Å². The highest BCUT2D eigenvalue weighted by molar-refractivity contribution is 7.07. The molecule has 0 aliphatic rings. The summed E-state index contributed by atoms with van der Waals surface area (Å²) in [5.74, 6) is 0.907. The fourth-order valence-electron chi connectivity index (χ4n) is 1.88. The van der Waals surface area contributed by atoms with Crippen molar-refractivity contribution in [1.29, 1.82) is 0 Å². The van der Waals surface area contributed by atoms with Crippen molar-refractivity contribution < 1.29 is 4.74 Å². The van der Waals surface area contributed by atoms with E-state index >= 15 is 0 Å². The molecule has 2 aromatic rings. The van der Waals surface area contributed by atoms with Crippen LogP contribution in [0.15, 0.2) is 41.1 Å². The van der Waals surface area contributed by atoms with Gasteiger partial charge in [-0.1, -0.05) is 12.1 Å². The van der Waals surface area contributed by atoms with Crippen LogP contribution in [0.3, 0.4) is 0 Å². The summed E-state index contributed by atoms with van der Waals surface area (Å²) in [6, 6.07) is 10.8. The van der Waals surface area contributed by atoms with E-state index < -0.39 is 0 Å². The number of ether oxygens (including phenoxy) is 1. The predicted octanol–water partition coefficient (Wildman–Crippen LogP) is 3.65. The molecule has 96 valence electrons. The van der Waals surface area contributed by atoms with Gasteiger partial charge in [0.05, 0.1) is 7.11 Å². The zero-order valence-corrected chi connectivity index (χ0v) is 11.7. The fraction of sp³-hybridized carbons (Fsp3) is 0.333. The first kappa shape index (κ1) is 13.1. The van der Waals surface area contributed by atoms with Crippen LogP contribution in [0.1, 0.15) is 24.1 Å². The van der Waals surface area contributed by atoms with Crippen molar-refractivity contribution in [3.05, 3.63) is 52.2 Å². The van der Waals surface area contributed by atoms with Crippen molar-refractivity contribution in [3.8, 4) is 5.75 Å². The Morgan fingerprint density at radius 2 is 2.00 bits per heavy atom. The maximum absolute atomic E-state index is 5.16. The van der Waals surface area contributed by atoms with Crippen LogP contribution < -0.4 is 10.1 Å². The maximum Gasteiger partial charge on any atom is 0.118 e. The number of benzene rings is 1. The molecule has 2 rings (SSSR count). The first-order valence-corrected chi connectivity index (χ1v) is 7.12. The third kappa shape index (κ3) is 3.59. The number of hydrogen-bond donors (Lipinski definition) is 1. The molecule has 1 atom stereocenters. The first-order valence-electron chi connectivity index (χ1n) is 6.18. The average Bonchev–Trinajstić information content (AvgIpc) is 2.92. The molecule has 0 saturated carbocycles. The van der Waals surface area contributed by atoms with Crippen molar-refractivity contribution in [2.45, 2.75) is 19.4 Å². The minimum absolute atomic E-state index is 0.370. The van der Waals surface area contributed by atoms with E-state index in [2.05, 4.69) is 41.2 Å². The fourth-order valence-corrected chi connectivity index (χ4v) is 2.58. The summed E-state index contributed by atoms with van der Waals surface area (Å²) in [5.41, 5.74) is 2.70. The number of methoxy groups -OCH3 is 1. The molecule has 1 heterocycles. The van der Waals surface area contributed by atoms with Gasteiger partial charge in [-0.25, -0.2) is 0 Å². The summed E-state index contributed by atoms with van der Waals surface area (Å²) in [6.07, 6.45) is 1.09. The topological polar surface area (TPSA) is 21.3 Å². The van der Waals surface area contributed by atoms with Crippen LogP contribution >= 0.6 is 11.3 Å². The van der Waals surface area contributed by atoms with Gasteiger partial charge >= 0.3 is 0 Å². The van der Waals surface area contributed by atoms with Crippen LogP contribution in [-0.2, 0) is 6.42 Å². The Morgan fingerprint density at radius 1 is 1.22 bits per heavy atom. The van der Waals surface area contributed by atoms with Crippen LogP contribution in [0.5, 0.6) is 5.75 Å². The molecule has 0 aliphatic heterocycles. The Balaban J connectivity index is 1.81. The van der Waals surface area contributed by atoms with E-state index in [1.807, 2.05) is 12.1 Å². The van der Waals surface area contributed by atoms with Crippen LogP contribution in [0.4, 0.5) is 0 Å². The molecular weight excluding hydrogens is 242 g/mol. The van der Waals surface area contributed by atoms with Gasteiger partial charge in [-0.15, -0.1) is 0 Å². The van der Waals surface area contributed by atoms with E-state index in [1.165, 1.54) is 11.1 Å². The lowest BCUT2D eigenvalue weighted by molar-refractivity contribution is 0.414. The van der Waals surface area contributed by atoms with Crippen LogP contribution in [0, 0.1) is 0 Å². The predicted molar refractivity (Wildman–Crippen MR) is 77.4 cm³/mol. The van der Waals surface area contributed by atoms with Gasteiger partial charge in [0.2, 0.25) is 0 Å². The summed E-state index contributed by atoms with van der Waals surface area (Å²) in [5, 5.41) is 7.87. The monoisotopic (exact) mass is 261 g/mol. The Morgan fingerprint density at radius 3 is 2.61 bits per heavy atom. The highest BCUT2D eigenvalue weighted by Crippen LogP contribution is 2.17. The van der Waals surface area contributed by atoms with E-state index in [-0.39, 0.29) is 0 Å². The van der Waals surface area contributed by atoms with Crippen molar-refractivity contribution >= 4 is 11.3 Å². The Labute approximate surface area is 113 Å². The zero-order chi connectivity index (χ0) is 12.8. The number of rotatable bonds is 6. The minimum Gasteiger partial charge on any atom is -0.497 e. The molecule has 1 aromatic heterocycles. The molecule has 3 heteroatoms. The van der Waals surface area contributed by atoms with Gasteiger partial charge in [-0.3, -0.25) is 0 Å². The molecule has 0 amide bonds. The molecular formula is C15H19NOS. The number of hydrogen-bond acceptors (Lipinski definition) is 3. The molecule has 18 heavy (non-hydrogen) atoms. The van der Waals surface area contributed by atoms with Crippen LogP contribution in [-0.4, -0.2) is 13.7 Å². The Kier molecular flexibility index (Phi) is 4.79. The molecule has 0 radical (unpaired) electrons. The molecule has 1 aromatic carbocycles. The lowest BCUT2D eigenvalue weighted by atomic mass is 10.1. The van der Waals surface area contributed by atoms with Gasteiger partial charge in [0.15, 0.2) is 0 Å². The van der Waals surface area contributed by atoms with Crippen molar-refractivity contribution in [2.75, 3.05) is 13.7 Å². The van der Waals surface area contributed by atoms with Gasteiger partial charge in [0.25, 0.3) is 0 Å². The third-order valence-electron chi connectivity index (χ3n) is 3.06. The van der Waals surface area contributed by atoms with Gasteiger partial charge in [-0.05, 0) is 60.0 Å². The summed E-state index contributed by atoms with van der Waals surface area (Å²) < 4.78 is 5.16. The smallest absolute Gasteiger partial charge is 0.118 e. The van der Waals surface area contributed by atoms with Crippen LogP contribution in [0.2, 0.25) is 0 Å². The van der Waals surface area contributed by atoms with Gasteiger partial charge in [0.1, 0.15) is 5.75 Å². The third-order valence-corrected chi connectivity index (χ3v) is 3.79. The Bertz CT molecular complexity index is 450. The van der Waals surface area contributed by atoms with Gasteiger partial charge in [-0.2, -0.15) is 11.3 Å². The molecule has 0 aliphatic carbocycles. The second-order valence-electron chi connectivity index (χ2n) is 4.33. The van der Waals surface area contributed by atoms with E-state index in [1.54, 1.807) is 18.4 Å². The number of nitrogens with one attached hydrogen (secondary N) is 1. The molecule has 0 bridgehead atoms. The first-order chi connectivity index (χ1) is 8.79. The van der Waals surface area contributed by atoms with Gasteiger partial charge in [0, 0.05) is 6.04 Å². The van der Waals surface area contributed by atoms with E-state index in [0.29, 0.717) is 6.04 Å². The second-order valence-corrected chi connectivity index (χ2v) is 5.11. The summed E-state index contributed by atoms with van der Waals surface area (Å²) in [7, 11) is 1.69. The molecule has 0 spiro atoms. The van der Waals surface area contributed by atoms with Crippen LogP contribution in [0.25, 0.3) is 0 Å². The summed E-state index contributed by atoms with van der Waals surface area (Å²) in [6.45, 7) is 3.19. The van der Waals surface area contributed by atoms with Crippen molar-refractivity contribution in [3.63, 3.8) is 0 Å². The van der Waals surface area contributed by atoms with Crippen molar-refractivity contribution in [1.82, 2.24) is 5.32 Å². The zero-order valence-electron chi connectivity index (χ0n) is 10.8. The van der Waals surface area contributed by atoms with Gasteiger partial charge < -0.3 is 10.1 Å².